The van der Waals surface area contributed by atoms with Gasteiger partial charge >= 0.3 is 0 Å². The molecule has 0 bridgehead atoms. The van der Waals surface area contributed by atoms with Crippen molar-refractivity contribution in [2.75, 3.05) is 0 Å². The smallest absolute Gasteiger partial charge is 0.115 e. The Labute approximate surface area is 99.1 Å². The first-order valence-electron chi connectivity index (χ1n) is 4.88. The molecule has 0 radical (unpaired) electrons. The third-order valence-corrected chi connectivity index (χ3v) is 2.67. The van der Waals surface area contributed by atoms with Gasteiger partial charge in [-0.1, -0.05) is 35.9 Å². The Balaban J connectivity index is 2.47. The summed E-state index contributed by atoms with van der Waals surface area (Å²) in [5, 5.41) is 9.81. The topological polar surface area (TPSA) is 36.7 Å². The molecule has 0 aliphatic rings. The van der Waals surface area contributed by atoms with Crippen LogP contribution >= 0.6 is 11.6 Å². The molecule has 1 unspecified atom stereocenters. The van der Waals surface area contributed by atoms with Crippen LogP contribution in [0.25, 0.3) is 0 Å². The maximum atomic E-state index is 9.21. The number of rotatable bonds is 2. The fraction of sp³-hybridized carbons (Fsp3) is 0.0769. The van der Waals surface area contributed by atoms with Gasteiger partial charge in [0.05, 0.1) is 11.8 Å². The minimum Gasteiger partial charge on any atom is -0.260 e. The number of pyridine rings is 1. The van der Waals surface area contributed by atoms with E-state index in [0.717, 1.165) is 11.3 Å². The van der Waals surface area contributed by atoms with Crippen molar-refractivity contribution < 1.29 is 0 Å². The van der Waals surface area contributed by atoms with Gasteiger partial charge in [-0.05, 0) is 23.8 Å². The molecular formula is C13H9ClN2. The Morgan fingerprint density at radius 2 is 1.88 bits per heavy atom. The summed E-state index contributed by atoms with van der Waals surface area (Å²) in [7, 11) is 0. The lowest BCUT2D eigenvalue weighted by Gasteiger charge is -2.10. The average molecular weight is 229 g/mol. The van der Waals surface area contributed by atoms with Crippen LogP contribution in [0.4, 0.5) is 0 Å². The zero-order chi connectivity index (χ0) is 11.4. The Morgan fingerprint density at radius 3 is 2.50 bits per heavy atom. The molecule has 0 spiro atoms. The van der Waals surface area contributed by atoms with Crippen LogP contribution in [0.2, 0.25) is 5.02 Å². The number of aromatic nitrogens is 1. The van der Waals surface area contributed by atoms with Crippen LogP contribution in [0, 0.1) is 11.3 Å². The third-order valence-electron chi connectivity index (χ3n) is 2.33. The van der Waals surface area contributed by atoms with Crippen LogP contribution in [0.5, 0.6) is 0 Å². The Kier molecular flexibility index (Phi) is 3.19. The van der Waals surface area contributed by atoms with Crippen LogP contribution in [0.3, 0.4) is 0 Å². The molecule has 0 aliphatic carbocycles. The van der Waals surface area contributed by atoms with Crippen molar-refractivity contribution in [1.82, 2.24) is 4.98 Å². The molecule has 0 saturated heterocycles. The van der Waals surface area contributed by atoms with Gasteiger partial charge in [0.15, 0.2) is 0 Å². The Bertz CT molecular complexity index is 517. The molecule has 0 N–H and O–H groups in total. The number of nitrogens with zero attached hydrogens (tertiary/aromatic N) is 2. The molecule has 0 saturated carbocycles. The van der Waals surface area contributed by atoms with Crippen molar-refractivity contribution in [3.8, 4) is 6.07 Å². The molecule has 2 rings (SSSR count). The highest BCUT2D eigenvalue weighted by Gasteiger charge is 2.16. The van der Waals surface area contributed by atoms with E-state index in [1.54, 1.807) is 12.3 Å². The summed E-state index contributed by atoms with van der Waals surface area (Å²) in [5.41, 5.74) is 1.52. The van der Waals surface area contributed by atoms with Crippen molar-refractivity contribution >= 4 is 11.6 Å². The average Bonchev–Trinajstić information content (AvgIpc) is 2.34. The van der Waals surface area contributed by atoms with Crippen molar-refractivity contribution in [3.05, 3.63) is 64.9 Å². The molecule has 1 heterocycles. The highest BCUT2D eigenvalue weighted by molar-refractivity contribution is 6.31. The molecule has 2 nitrogen and oxygen atoms in total. The molecule has 1 atom stereocenters. The SMILES string of the molecule is N#CC(c1ccccn1)c1ccccc1Cl. The second kappa shape index (κ2) is 4.78. The van der Waals surface area contributed by atoms with Gasteiger partial charge in [0.1, 0.15) is 5.92 Å². The van der Waals surface area contributed by atoms with Crippen LogP contribution in [0.15, 0.2) is 48.7 Å². The number of benzene rings is 1. The molecule has 78 valence electrons. The highest BCUT2D eigenvalue weighted by Crippen LogP contribution is 2.28. The highest BCUT2D eigenvalue weighted by atomic mass is 35.5. The van der Waals surface area contributed by atoms with Crippen LogP contribution < -0.4 is 0 Å². The number of nitriles is 1. The molecule has 1 aromatic heterocycles. The lowest BCUT2D eigenvalue weighted by molar-refractivity contribution is 0.966. The predicted octanol–water partition coefficient (Wildman–Crippen LogP) is 3.39. The van der Waals surface area contributed by atoms with E-state index in [9.17, 15) is 5.26 Å². The molecule has 0 fully saturated rings. The second-order valence-corrected chi connectivity index (χ2v) is 3.75. The fourth-order valence-corrected chi connectivity index (χ4v) is 1.80. The zero-order valence-electron chi connectivity index (χ0n) is 8.47. The Hall–Kier alpha value is -1.85. The van der Waals surface area contributed by atoms with Gasteiger partial charge in [-0.3, -0.25) is 4.98 Å². The normalized spacial score (nSPS) is 11.8. The summed E-state index contributed by atoms with van der Waals surface area (Å²) >= 11 is 6.07. The van der Waals surface area contributed by atoms with Gasteiger partial charge in [-0.2, -0.15) is 5.26 Å². The summed E-state index contributed by atoms with van der Waals surface area (Å²) in [6.45, 7) is 0. The van der Waals surface area contributed by atoms with E-state index in [1.807, 2.05) is 36.4 Å². The summed E-state index contributed by atoms with van der Waals surface area (Å²) in [6, 6.07) is 15.1. The van der Waals surface area contributed by atoms with E-state index >= 15 is 0 Å². The molecule has 2 aromatic rings. The van der Waals surface area contributed by atoms with Crippen molar-refractivity contribution in [2.45, 2.75) is 5.92 Å². The van der Waals surface area contributed by atoms with E-state index in [-0.39, 0.29) is 0 Å². The zero-order valence-corrected chi connectivity index (χ0v) is 9.22. The second-order valence-electron chi connectivity index (χ2n) is 3.34. The monoisotopic (exact) mass is 228 g/mol. The molecule has 16 heavy (non-hydrogen) atoms. The van der Waals surface area contributed by atoms with Crippen LogP contribution in [0.1, 0.15) is 17.2 Å². The van der Waals surface area contributed by atoms with Crippen molar-refractivity contribution in [1.29, 1.82) is 5.26 Å². The lowest BCUT2D eigenvalue weighted by Crippen LogP contribution is -2.01. The van der Waals surface area contributed by atoms with E-state index in [1.165, 1.54) is 0 Å². The van der Waals surface area contributed by atoms with Gasteiger partial charge < -0.3 is 0 Å². The largest absolute Gasteiger partial charge is 0.260 e. The van der Waals surface area contributed by atoms with Gasteiger partial charge in [0.2, 0.25) is 0 Å². The first-order chi connectivity index (χ1) is 7.83. The molecule has 3 heteroatoms. The Morgan fingerprint density at radius 1 is 1.12 bits per heavy atom. The summed E-state index contributed by atoms with van der Waals surface area (Å²) < 4.78 is 0. The van der Waals surface area contributed by atoms with Crippen LogP contribution in [-0.4, -0.2) is 4.98 Å². The van der Waals surface area contributed by atoms with Gasteiger partial charge in [0.25, 0.3) is 0 Å². The minimum absolute atomic E-state index is 0.408. The lowest BCUT2D eigenvalue weighted by atomic mass is 9.97. The minimum atomic E-state index is -0.408. The molecule has 0 amide bonds. The molecule has 0 aliphatic heterocycles. The number of hydrogen-bond donors (Lipinski definition) is 0. The van der Waals surface area contributed by atoms with E-state index < -0.39 is 5.92 Å². The van der Waals surface area contributed by atoms with Gasteiger partial charge in [-0.15, -0.1) is 0 Å². The predicted molar refractivity (Wildman–Crippen MR) is 63.1 cm³/mol. The standard InChI is InChI=1S/C13H9ClN2/c14-12-6-2-1-5-10(12)11(9-15)13-7-3-4-8-16-13/h1-8,11H. The maximum absolute atomic E-state index is 9.21. The van der Waals surface area contributed by atoms with Gasteiger partial charge in [-0.25, -0.2) is 0 Å². The van der Waals surface area contributed by atoms with Gasteiger partial charge in [0, 0.05) is 11.2 Å². The van der Waals surface area contributed by atoms with Crippen molar-refractivity contribution in [2.24, 2.45) is 0 Å². The summed E-state index contributed by atoms with van der Waals surface area (Å²) in [6.07, 6.45) is 1.68. The summed E-state index contributed by atoms with van der Waals surface area (Å²) in [4.78, 5) is 4.19. The van der Waals surface area contributed by atoms with E-state index in [2.05, 4.69) is 11.1 Å². The number of hydrogen-bond acceptors (Lipinski definition) is 2. The number of halogens is 1. The molecule has 1 aromatic carbocycles. The first-order valence-corrected chi connectivity index (χ1v) is 5.25. The third kappa shape index (κ3) is 2.05. The van der Waals surface area contributed by atoms with Crippen molar-refractivity contribution in [3.63, 3.8) is 0 Å². The maximum Gasteiger partial charge on any atom is 0.115 e. The molecular weight excluding hydrogens is 220 g/mol. The van der Waals surface area contributed by atoms with E-state index in [4.69, 9.17) is 11.6 Å². The van der Waals surface area contributed by atoms with Crippen LogP contribution in [-0.2, 0) is 0 Å². The fourth-order valence-electron chi connectivity index (χ4n) is 1.55. The first kappa shape index (κ1) is 10.7. The quantitative estimate of drug-likeness (QED) is 0.790. The summed E-state index contributed by atoms with van der Waals surface area (Å²) in [5.74, 6) is -0.408. The van der Waals surface area contributed by atoms with E-state index in [0.29, 0.717) is 5.02 Å².